The van der Waals surface area contributed by atoms with Gasteiger partial charge >= 0.3 is 6.18 Å². The Kier molecular flexibility index (Phi) is 4.35. The molecule has 0 radical (unpaired) electrons. The summed E-state index contributed by atoms with van der Waals surface area (Å²) in [5.41, 5.74) is 0. The fourth-order valence-corrected chi connectivity index (χ4v) is 2.00. The van der Waals surface area contributed by atoms with E-state index in [-0.39, 0.29) is 0 Å². The van der Waals surface area contributed by atoms with E-state index in [0.29, 0.717) is 9.21 Å². The second kappa shape index (κ2) is 5.16. The minimum atomic E-state index is -4.43. The Balaban J connectivity index is 2.55. The fraction of sp³-hybridized carbons (Fsp3) is 0.444. The highest BCUT2D eigenvalue weighted by Gasteiger charge is 2.30. The Bertz CT molecular complexity index is 375. The smallest absolute Gasteiger partial charge is 0.361 e. The van der Waals surface area contributed by atoms with Crippen LogP contribution in [0.3, 0.4) is 0 Å². The Labute approximate surface area is 99.0 Å². The molecule has 0 aliphatic heterocycles. The Hall–Kier alpha value is -0.590. The lowest BCUT2D eigenvalue weighted by Crippen LogP contribution is -2.26. The molecule has 0 saturated carbocycles. The molecule has 0 fully saturated rings. The van der Waals surface area contributed by atoms with Crippen LogP contribution >= 0.6 is 22.9 Å². The molecule has 0 aliphatic carbocycles. The molecular formula is C9H8ClF3O2S. The molecule has 1 rings (SSSR count). The molecule has 0 aliphatic rings. The number of alkyl halides is 3. The van der Waals surface area contributed by atoms with E-state index in [0.717, 1.165) is 11.3 Å². The first kappa shape index (κ1) is 13.5. The van der Waals surface area contributed by atoms with Gasteiger partial charge in [-0.25, -0.2) is 0 Å². The summed E-state index contributed by atoms with van der Waals surface area (Å²) in [6.07, 6.45) is -5.56. The summed E-state index contributed by atoms with van der Waals surface area (Å²) in [6, 6.07) is 2.97. The third-order valence-electron chi connectivity index (χ3n) is 1.68. The average Bonchev–Trinajstić information content (AvgIpc) is 2.59. The van der Waals surface area contributed by atoms with Gasteiger partial charge in [0.25, 0.3) is 0 Å². The summed E-state index contributed by atoms with van der Waals surface area (Å²) in [6.45, 7) is -0.152. The Morgan fingerprint density at radius 3 is 2.62 bits per heavy atom. The highest BCUT2D eigenvalue weighted by Crippen LogP contribution is 2.23. The lowest BCUT2D eigenvalue weighted by molar-refractivity contribution is -0.179. The van der Waals surface area contributed by atoms with Crippen LogP contribution in [0.5, 0.6) is 0 Å². The number of halogens is 4. The molecular weight excluding hydrogens is 265 g/mol. The molecule has 1 heterocycles. The van der Waals surface area contributed by atoms with Crippen molar-refractivity contribution < 1.29 is 22.7 Å². The van der Waals surface area contributed by atoms with Gasteiger partial charge in [-0.2, -0.15) is 13.2 Å². The molecule has 0 aromatic carbocycles. The molecule has 0 N–H and O–H groups in total. The maximum atomic E-state index is 11.8. The highest BCUT2D eigenvalue weighted by molar-refractivity contribution is 7.18. The molecule has 7 heteroatoms. The van der Waals surface area contributed by atoms with E-state index < -0.39 is 24.7 Å². The average molecular weight is 273 g/mol. The number of carbonyl (C=O) groups is 1. The first-order chi connectivity index (χ1) is 7.29. The number of hydrogen-bond acceptors (Lipinski definition) is 3. The molecule has 1 unspecified atom stereocenters. The number of ketones is 1. The molecule has 2 nitrogen and oxygen atoms in total. The molecule has 0 spiro atoms. The van der Waals surface area contributed by atoms with E-state index in [4.69, 9.17) is 11.6 Å². The summed E-state index contributed by atoms with van der Waals surface area (Å²) < 4.78 is 40.3. The SMILES string of the molecule is CC(OCC(F)(F)F)C(=O)c1ccc(Cl)s1. The van der Waals surface area contributed by atoms with Gasteiger partial charge in [-0.3, -0.25) is 4.79 Å². The second-order valence-electron chi connectivity index (χ2n) is 3.04. The van der Waals surface area contributed by atoms with Crippen LogP contribution in [0.1, 0.15) is 16.6 Å². The van der Waals surface area contributed by atoms with Crippen molar-refractivity contribution in [1.82, 2.24) is 0 Å². The largest absolute Gasteiger partial charge is 0.411 e. The summed E-state index contributed by atoms with van der Waals surface area (Å²) >= 11 is 6.62. The third kappa shape index (κ3) is 4.11. The molecule has 1 atom stereocenters. The van der Waals surface area contributed by atoms with Gasteiger partial charge in [-0.05, 0) is 19.1 Å². The zero-order valence-electron chi connectivity index (χ0n) is 8.18. The first-order valence-electron chi connectivity index (χ1n) is 4.27. The molecule has 90 valence electrons. The van der Waals surface area contributed by atoms with Crippen LogP contribution in [-0.4, -0.2) is 24.7 Å². The van der Waals surface area contributed by atoms with E-state index in [1.54, 1.807) is 0 Å². The highest BCUT2D eigenvalue weighted by atomic mass is 35.5. The maximum absolute atomic E-state index is 11.8. The van der Waals surface area contributed by atoms with E-state index in [9.17, 15) is 18.0 Å². The van der Waals surface area contributed by atoms with Gasteiger partial charge in [0, 0.05) is 0 Å². The Morgan fingerprint density at radius 1 is 1.56 bits per heavy atom. The van der Waals surface area contributed by atoms with Crippen molar-refractivity contribution in [1.29, 1.82) is 0 Å². The fourth-order valence-electron chi connectivity index (χ4n) is 0.942. The van der Waals surface area contributed by atoms with Gasteiger partial charge in [-0.15, -0.1) is 11.3 Å². The lowest BCUT2D eigenvalue weighted by Gasteiger charge is -2.12. The van der Waals surface area contributed by atoms with Gasteiger partial charge in [0.1, 0.15) is 12.7 Å². The van der Waals surface area contributed by atoms with Gasteiger partial charge in [0.15, 0.2) is 0 Å². The van der Waals surface area contributed by atoms with Crippen molar-refractivity contribution in [3.8, 4) is 0 Å². The quantitative estimate of drug-likeness (QED) is 0.784. The second-order valence-corrected chi connectivity index (χ2v) is 4.75. The van der Waals surface area contributed by atoms with Crippen LogP contribution < -0.4 is 0 Å². The van der Waals surface area contributed by atoms with Crippen molar-refractivity contribution in [2.75, 3.05) is 6.61 Å². The topological polar surface area (TPSA) is 26.3 Å². The van der Waals surface area contributed by atoms with Gasteiger partial charge < -0.3 is 4.74 Å². The van der Waals surface area contributed by atoms with Crippen LogP contribution in [-0.2, 0) is 4.74 Å². The molecule has 0 bridgehead atoms. The maximum Gasteiger partial charge on any atom is 0.411 e. The number of thiophene rings is 1. The number of ether oxygens (including phenoxy) is 1. The summed E-state index contributed by atoms with van der Waals surface area (Å²) in [5, 5.41) is 0. The molecule has 0 amide bonds. The minimum Gasteiger partial charge on any atom is -0.361 e. The number of Topliss-reactive ketones (excluding diaryl/α,β-unsaturated/α-hetero) is 1. The number of carbonyl (C=O) groups excluding carboxylic acids is 1. The van der Waals surface area contributed by atoms with Crippen molar-refractivity contribution in [3.05, 3.63) is 21.3 Å². The molecule has 0 saturated heterocycles. The lowest BCUT2D eigenvalue weighted by atomic mass is 10.2. The zero-order chi connectivity index (χ0) is 12.3. The van der Waals surface area contributed by atoms with Crippen molar-refractivity contribution in [2.45, 2.75) is 19.2 Å². The predicted octanol–water partition coefficient (Wildman–Crippen LogP) is 3.55. The molecule has 1 aromatic heterocycles. The third-order valence-corrected chi connectivity index (χ3v) is 2.93. The Morgan fingerprint density at radius 2 is 2.19 bits per heavy atom. The van der Waals surface area contributed by atoms with E-state index in [1.807, 2.05) is 0 Å². The van der Waals surface area contributed by atoms with Gasteiger partial charge in [0.2, 0.25) is 5.78 Å². The van der Waals surface area contributed by atoms with Crippen LogP contribution in [0.2, 0.25) is 4.34 Å². The number of hydrogen-bond donors (Lipinski definition) is 0. The molecule has 16 heavy (non-hydrogen) atoms. The van der Waals surface area contributed by atoms with Crippen molar-refractivity contribution in [3.63, 3.8) is 0 Å². The normalized spacial score (nSPS) is 13.8. The number of rotatable bonds is 4. The standard InChI is InChI=1S/C9H8ClF3O2S/c1-5(15-4-9(11,12)13)8(14)6-2-3-7(10)16-6/h2-3,5H,4H2,1H3. The van der Waals surface area contributed by atoms with E-state index >= 15 is 0 Å². The van der Waals surface area contributed by atoms with E-state index in [1.165, 1.54) is 19.1 Å². The summed E-state index contributed by atoms with van der Waals surface area (Å²) in [5.74, 6) is -0.499. The predicted molar refractivity (Wildman–Crippen MR) is 55.1 cm³/mol. The van der Waals surface area contributed by atoms with Crippen molar-refractivity contribution in [2.24, 2.45) is 0 Å². The van der Waals surface area contributed by atoms with Crippen LogP contribution in [0.15, 0.2) is 12.1 Å². The minimum absolute atomic E-state index is 0.291. The van der Waals surface area contributed by atoms with Crippen LogP contribution in [0, 0.1) is 0 Å². The van der Waals surface area contributed by atoms with E-state index in [2.05, 4.69) is 4.74 Å². The van der Waals surface area contributed by atoms with Crippen LogP contribution in [0.25, 0.3) is 0 Å². The van der Waals surface area contributed by atoms with Crippen molar-refractivity contribution >= 4 is 28.7 Å². The summed E-state index contributed by atoms with van der Waals surface area (Å²) in [4.78, 5) is 11.8. The zero-order valence-corrected chi connectivity index (χ0v) is 9.75. The van der Waals surface area contributed by atoms with Crippen LogP contribution in [0.4, 0.5) is 13.2 Å². The first-order valence-corrected chi connectivity index (χ1v) is 5.47. The molecule has 1 aromatic rings. The summed E-state index contributed by atoms with van der Waals surface area (Å²) in [7, 11) is 0. The van der Waals surface area contributed by atoms with Gasteiger partial charge in [-0.1, -0.05) is 11.6 Å². The van der Waals surface area contributed by atoms with Gasteiger partial charge in [0.05, 0.1) is 9.21 Å². The monoisotopic (exact) mass is 272 g/mol.